The highest BCUT2D eigenvalue weighted by Crippen LogP contribution is 2.24. The van der Waals surface area contributed by atoms with Crippen molar-refractivity contribution >= 4 is 28.6 Å². The third-order valence-corrected chi connectivity index (χ3v) is 5.80. The van der Waals surface area contributed by atoms with Crippen LogP contribution in [0.1, 0.15) is 46.7 Å². The molecule has 7 heteroatoms. The Balaban J connectivity index is 1.66. The van der Waals surface area contributed by atoms with E-state index in [4.69, 9.17) is 0 Å². The zero-order valence-corrected chi connectivity index (χ0v) is 16.2. The summed E-state index contributed by atoms with van der Waals surface area (Å²) in [5, 5.41) is 12.6. The van der Waals surface area contributed by atoms with Gasteiger partial charge in [-0.3, -0.25) is 9.48 Å². The molecule has 0 aromatic carbocycles. The van der Waals surface area contributed by atoms with Crippen LogP contribution >= 0.6 is 22.7 Å². The normalized spacial score (nSPS) is 13.6. The van der Waals surface area contributed by atoms with Crippen LogP contribution in [0.25, 0.3) is 0 Å². The molecule has 3 heterocycles. The van der Waals surface area contributed by atoms with E-state index in [-0.39, 0.29) is 18.0 Å². The number of thiophene rings is 1. The molecule has 2 atom stereocenters. The Kier molecular flexibility index (Phi) is 5.65. The average Bonchev–Trinajstić information content (AvgIpc) is 3.28. The fraction of sp³-hybridized carbons (Fsp3) is 0.389. The van der Waals surface area contributed by atoms with Crippen molar-refractivity contribution < 1.29 is 4.79 Å². The van der Waals surface area contributed by atoms with E-state index in [1.165, 1.54) is 4.88 Å². The van der Waals surface area contributed by atoms with Crippen LogP contribution in [0, 0.1) is 13.8 Å². The van der Waals surface area contributed by atoms with E-state index in [0.29, 0.717) is 6.42 Å². The third-order valence-electron chi connectivity index (χ3n) is 4.01. The zero-order valence-electron chi connectivity index (χ0n) is 14.6. The van der Waals surface area contributed by atoms with Crippen molar-refractivity contribution in [1.82, 2.24) is 20.1 Å². The van der Waals surface area contributed by atoms with Crippen LogP contribution in [-0.2, 0) is 11.2 Å². The minimum Gasteiger partial charge on any atom is -0.346 e. The zero-order chi connectivity index (χ0) is 17.8. The number of thiazole rings is 1. The smallest absolute Gasteiger partial charge is 0.222 e. The number of hydrogen-bond donors (Lipinski definition) is 1. The summed E-state index contributed by atoms with van der Waals surface area (Å²) >= 11 is 3.28. The minimum absolute atomic E-state index is 0.0207. The minimum atomic E-state index is -0.0844. The number of hydrogen-bond acceptors (Lipinski definition) is 5. The average molecular weight is 375 g/mol. The topological polar surface area (TPSA) is 59.8 Å². The molecule has 0 spiro atoms. The molecular formula is C18H22N4OS2. The molecule has 3 aromatic heterocycles. The summed E-state index contributed by atoms with van der Waals surface area (Å²) in [5.41, 5.74) is 2.05. The van der Waals surface area contributed by atoms with Gasteiger partial charge in [0.25, 0.3) is 0 Å². The number of aromatic nitrogens is 3. The van der Waals surface area contributed by atoms with Crippen molar-refractivity contribution in [2.45, 2.75) is 45.7 Å². The Hall–Kier alpha value is -1.99. The van der Waals surface area contributed by atoms with Gasteiger partial charge in [0, 0.05) is 35.0 Å². The molecule has 0 aliphatic heterocycles. The van der Waals surface area contributed by atoms with Gasteiger partial charge in [0.05, 0.1) is 17.8 Å². The van der Waals surface area contributed by atoms with Gasteiger partial charge in [-0.05, 0) is 38.3 Å². The number of nitrogens with zero attached hydrogens (tertiary/aromatic N) is 3. The predicted molar refractivity (Wildman–Crippen MR) is 102 cm³/mol. The van der Waals surface area contributed by atoms with E-state index >= 15 is 0 Å². The van der Waals surface area contributed by atoms with Gasteiger partial charge >= 0.3 is 0 Å². The molecule has 0 bridgehead atoms. The quantitative estimate of drug-likeness (QED) is 0.678. The Labute approximate surface area is 155 Å². The molecular weight excluding hydrogens is 352 g/mol. The monoisotopic (exact) mass is 374 g/mol. The first-order chi connectivity index (χ1) is 12.0. The lowest BCUT2D eigenvalue weighted by Crippen LogP contribution is -2.31. The van der Waals surface area contributed by atoms with E-state index in [9.17, 15) is 4.79 Å². The summed E-state index contributed by atoms with van der Waals surface area (Å²) in [6.07, 6.45) is 2.95. The second-order valence-electron chi connectivity index (χ2n) is 6.20. The molecule has 0 saturated carbocycles. The van der Waals surface area contributed by atoms with E-state index in [0.717, 1.165) is 22.8 Å². The van der Waals surface area contributed by atoms with Crippen LogP contribution in [-0.4, -0.2) is 20.7 Å². The molecule has 0 unspecified atom stereocenters. The van der Waals surface area contributed by atoms with Gasteiger partial charge in [-0.15, -0.1) is 22.7 Å². The lowest BCUT2D eigenvalue weighted by Gasteiger charge is -2.19. The van der Waals surface area contributed by atoms with Crippen LogP contribution in [0.4, 0.5) is 0 Å². The van der Waals surface area contributed by atoms with Gasteiger partial charge in [0.15, 0.2) is 0 Å². The van der Waals surface area contributed by atoms with Gasteiger partial charge in [-0.2, -0.15) is 5.10 Å². The molecule has 5 nitrogen and oxygen atoms in total. The molecule has 132 valence electrons. The molecule has 1 amide bonds. The second kappa shape index (κ2) is 7.93. The number of carbonyl (C=O) groups is 1. The van der Waals surface area contributed by atoms with Crippen molar-refractivity contribution in [2.75, 3.05) is 0 Å². The first kappa shape index (κ1) is 17.8. The van der Waals surface area contributed by atoms with Crippen LogP contribution in [0.2, 0.25) is 0 Å². The molecule has 0 radical (unpaired) electrons. The molecule has 1 N–H and O–H groups in total. The summed E-state index contributed by atoms with van der Waals surface area (Å²) in [5.74, 6) is 0.0248. The maximum Gasteiger partial charge on any atom is 0.222 e. The molecule has 0 aliphatic rings. The van der Waals surface area contributed by atoms with Crippen molar-refractivity contribution in [3.63, 3.8) is 0 Å². The Morgan fingerprint density at radius 2 is 2.16 bits per heavy atom. The van der Waals surface area contributed by atoms with E-state index in [1.807, 2.05) is 43.0 Å². The van der Waals surface area contributed by atoms with Gasteiger partial charge < -0.3 is 5.32 Å². The molecule has 3 aromatic rings. The van der Waals surface area contributed by atoms with Gasteiger partial charge in [0.2, 0.25) is 5.91 Å². The van der Waals surface area contributed by atoms with Crippen molar-refractivity contribution in [3.8, 4) is 0 Å². The molecule has 0 aliphatic carbocycles. The Morgan fingerprint density at radius 1 is 1.32 bits per heavy atom. The van der Waals surface area contributed by atoms with Crippen molar-refractivity contribution in [1.29, 1.82) is 0 Å². The number of nitrogens with one attached hydrogen (secondary N) is 1. The first-order valence-electron chi connectivity index (χ1n) is 8.27. The largest absolute Gasteiger partial charge is 0.346 e. The third kappa shape index (κ3) is 4.55. The lowest BCUT2D eigenvalue weighted by molar-refractivity contribution is -0.122. The summed E-state index contributed by atoms with van der Waals surface area (Å²) in [7, 11) is 0. The number of amides is 1. The van der Waals surface area contributed by atoms with Gasteiger partial charge in [-0.25, -0.2) is 4.98 Å². The summed E-state index contributed by atoms with van der Waals surface area (Å²) < 4.78 is 1.92. The predicted octanol–water partition coefficient (Wildman–Crippen LogP) is 4.07. The number of rotatable bonds is 7. The number of carbonyl (C=O) groups excluding carboxylic acids is 1. The molecule has 0 saturated heterocycles. The van der Waals surface area contributed by atoms with Crippen LogP contribution in [0.5, 0.6) is 0 Å². The Morgan fingerprint density at radius 3 is 2.76 bits per heavy atom. The first-order valence-corrected chi connectivity index (χ1v) is 10.0. The maximum atomic E-state index is 12.6. The SMILES string of the molecule is Cc1cc(C)n([C@H](C)CC(=O)N[C@@H](Cc2cccs2)c2nccs2)n1. The van der Waals surface area contributed by atoms with Crippen LogP contribution in [0.15, 0.2) is 35.2 Å². The van der Waals surface area contributed by atoms with E-state index in [2.05, 4.69) is 26.8 Å². The van der Waals surface area contributed by atoms with Crippen LogP contribution in [0.3, 0.4) is 0 Å². The van der Waals surface area contributed by atoms with Gasteiger partial charge in [-0.1, -0.05) is 6.07 Å². The standard InChI is InChI=1S/C18H22N4OS2/c1-12-9-13(2)22(21-12)14(3)10-17(23)20-16(18-19-6-8-25-18)11-15-5-4-7-24-15/h4-9,14,16H,10-11H2,1-3H3,(H,20,23)/t14-,16+/m1/s1. The summed E-state index contributed by atoms with van der Waals surface area (Å²) in [4.78, 5) is 18.2. The van der Waals surface area contributed by atoms with Gasteiger partial charge in [0.1, 0.15) is 5.01 Å². The van der Waals surface area contributed by atoms with Crippen molar-refractivity contribution in [3.05, 3.63) is 56.4 Å². The fourth-order valence-electron chi connectivity index (χ4n) is 2.94. The molecule has 0 fully saturated rings. The fourth-order valence-corrected chi connectivity index (χ4v) is 4.38. The lowest BCUT2D eigenvalue weighted by atomic mass is 10.1. The Bertz CT molecular complexity index is 808. The van der Waals surface area contributed by atoms with E-state index in [1.54, 1.807) is 28.9 Å². The highest BCUT2D eigenvalue weighted by molar-refractivity contribution is 7.10. The highest BCUT2D eigenvalue weighted by atomic mass is 32.1. The molecule has 3 rings (SSSR count). The van der Waals surface area contributed by atoms with Crippen LogP contribution < -0.4 is 5.32 Å². The van der Waals surface area contributed by atoms with Crippen molar-refractivity contribution in [2.24, 2.45) is 0 Å². The van der Waals surface area contributed by atoms with E-state index < -0.39 is 0 Å². The maximum absolute atomic E-state index is 12.6. The number of aryl methyl sites for hydroxylation is 2. The second-order valence-corrected chi connectivity index (χ2v) is 8.16. The highest BCUT2D eigenvalue weighted by Gasteiger charge is 2.20. The molecule has 25 heavy (non-hydrogen) atoms. The summed E-state index contributed by atoms with van der Waals surface area (Å²) in [6, 6.07) is 6.09. The summed E-state index contributed by atoms with van der Waals surface area (Å²) in [6.45, 7) is 6.01.